The minimum Gasteiger partial charge on any atom is -0.413 e. The lowest BCUT2D eigenvalue weighted by Crippen LogP contribution is -2.26. The lowest BCUT2D eigenvalue weighted by atomic mass is 9.87. The van der Waals surface area contributed by atoms with Crippen molar-refractivity contribution in [3.63, 3.8) is 0 Å². The predicted molar refractivity (Wildman–Crippen MR) is 69.4 cm³/mol. The highest BCUT2D eigenvalue weighted by molar-refractivity contribution is 6.31. The monoisotopic (exact) mass is 234 g/mol. The topological polar surface area (TPSA) is 9.23 Å². The number of hydrogen-bond acceptors (Lipinski definition) is 1. The van der Waals surface area contributed by atoms with Crippen molar-refractivity contribution < 1.29 is 4.43 Å². The molecule has 2 radical (unpaired) electrons. The average molecular weight is 234 g/mol. The van der Waals surface area contributed by atoms with Crippen molar-refractivity contribution in [1.29, 1.82) is 0 Å². The van der Waals surface area contributed by atoms with Gasteiger partial charge in [-0.15, -0.1) is 0 Å². The quantitative estimate of drug-likeness (QED) is 0.663. The summed E-state index contributed by atoms with van der Waals surface area (Å²) < 4.78 is 6.15. The van der Waals surface area contributed by atoms with Gasteiger partial charge in [-0.3, -0.25) is 0 Å². The first-order chi connectivity index (χ1) is 7.47. The Morgan fingerprint density at radius 2 is 1.75 bits per heavy atom. The van der Waals surface area contributed by atoms with Crippen molar-refractivity contribution in [2.45, 2.75) is 45.3 Å². The van der Waals surface area contributed by atoms with Crippen molar-refractivity contribution >= 4 is 9.76 Å². The number of fused-ring (bicyclic) bond motifs is 1. The summed E-state index contributed by atoms with van der Waals surface area (Å²) in [4.78, 5) is 0. The molecule has 0 aromatic carbocycles. The fourth-order valence-corrected chi connectivity index (χ4v) is 3.40. The normalized spacial score (nSPS) is 37.8. The molecule has 2 aliphatic carbocycles. The first kappa shape index (κ1) is 12.1. The van der Waals surface area contributed by atoms with Crippen LogP contribution >= 0.6 is 0 Å². The summed E-state index contributed by atoms with van der Waals surface area (Å²) >= 11 is 0. The van der Waals surface area contributed by atoms with Crippen molar-refractivity contribution in [2.75, 3.05) is 0 Å². The molecular formula is C14H22OSi. The molecule has 88 valence electrons. The Morgan fingerprint density at radius 1 is 1.12 bits per heavy atom. The molecule has 16 heavy (non-hydrogen) atoms. The third-order valence-corrected chi connectivity index (χ3v) is 4.46. The molecule has 0 aromatic heterocycles. The maximum atomic E-state index is 6.15. The first-order valence-electron chi connectivity index (χ1n) is 6.25. The van der Waals surface area contributed by atoms with E-state index in [4.69, 9.17) is 4.43 Å². The predicted octanol–water partition coefficient (Wildman–Crippen LogP) is 3.61. The van der Waals surface area contributed by atoms with Crippen LogP contribution < -0.4 is 0 Å². The zero-order valence-corrected chi connectivity index (χ0v) is 11.7. The Hall–Kier alpha value is -0.343. The smallest absolute Gasteiger partial charge is 0.236 e. The SMILES string of the molecule is CC1CC(O[Si]C(C)(C)C)C2C=CC=CC12. The number of allylic oxidation sites excluding steroid dienone is 3. The zero-order valence-electron chi connectivity index (χ0n) is 10.7. The Morgan fingerprint density at radius 3 is 2.38 bits per heavy atom. The summed E-state index contributed by atoms with van der Waals surface area (Å²) in [5.74, 6) is 2.09. The van der Waals surface area contributed by atoms with Crippen LogP contribution in [0.1, 0.15) is 34.1 Å². The van der Waals surface area contributed by atoms with Crippen LogP contribution in [0.25, 0.3) is 0 Å². The molecule has 4 atom stereocenters. The van der Waals surface area contributed by atoms with Crippen LogP contribution in [0.5, 0.6) is 0 Å². The highest BCUT2D eigenvalue weighted by atomic mass is 28.2. The van der Waals surface area contributed by atoms with Gasteiger partial charge in [-0.25, -0.2) is 0 Å². The van der Waals surface area contributed by atoms with E-state index >= 15 is 0 Å². The molecule has 0 aromatic rings. The molecule has 1 saturated carbocycles. The molecule has 1 fully saturated rings. The van der Waals surface area contributed by atoms with Crippen molar-refractivity contribution in [2.24, 2.45) is 17.8 Å². The summed E-state index contributed by atoms with van der Waals surface area (Å²) in [6.45, 7) is 9.10. The molecule has 2 rings (SSSR count). The van der Waals surface area contributed by atoms with Crippen molar-refractivity contribution in [3.8, 4) is 0 Å². The average Bonchev–Trinajstić information content (AvgIpc) is 2.53. The van der Waals surface area contributed by atoms with Gasteiger partial charge >= 0.3 is 0 Å². The largest absolute Gasteiger partial charge is 0.413 e. The minimum atomic E-state index is 0.301. The van der Waals surface area contributed by atoms with E-state index in [9.17, 15) is 0 Å². The summed E-state index contributed by atoms with van der Waals surface area (Å²) in [5, 5.41) is 0.301. The summed E-state index contributed by atoms with van der Waals surface area (Å²) in [6.07, 6.45) is 10.7. The first-order valence-corrected chi connectivity index (χ1v) is 7.16. The van der Waals surface area contributed by atoms with Gasteiger partial charge in [0.15, 0.2) is 0 Å². The van der Waals surface area contributed by atoms with E-state index in [1.807, 2.05) is 0 Å². The molecular weight excluding hydrogens is 212 g/mol. The maximum Gasteiger partial charge on any atom is 0.236 e. The van der Waals surface area contributed by atoms with Crippen LogP contribution in [0.2, 0.25) is 5.04 Å². The maximum absolute atomic E-state index is 6.15. The van der Waals surface area contributed by atoms with Gasteiger partial charge in [0, 0.05) is 5.92 Å². The molecule has 0 spiro atoms. The second-order valence-corrected chi connectivity index (χ2v) is 8.09. The third kappa shape index (κ3) is 2.66. The Labute approximate surface area is 102 Å². The van der Waals surface area contributed by atoms with Crippen molar-refractivity contribution in [1.82, 2.24) is 0 Å². The lowest BCUT2D eigenvalue weighted by Gasteiger charge is -2.25. The molecule has 0 N–H and O–H groups in total. The van der Waals surface area contributed by atoms with E-state index in [0.29, 0.717) is 32.7 Å². The summed E-state index contributed by atoms with van der Waals surface area (Å²) in [6, 6.07) is 0. The van der Waals surface area contributed by atoms with Crippen LogP contribution in [0, 0.1) is 17.8 Å². The van der Waals surface area contributed by atoms with E-state index in [1.165, 1.54) is 6.42 Å². The highest BCUT2D eigenvalue weighted by Crippen LogP contribution is 2.42. The standard InChI is InChI=1S/C14H22OSi/c1-10-9-13(15-16-14(2,3)4)12-8-6-5-7-11(10)12/h5-8,10-13H,9H2,1-4H3. The Kier molecular flexibility index (Phi) is 3.41. The number of rotatable bonds is 2. The molecule has 0 heterocycles. The van der Waals surface area contributed by atoms with Crippen LogP contribution in [0.4, 0.5) is 0 Å². The zero-order chi connectivity index (χ0) is 11.8. The minimum absolute atomic E-state index is 0.301. The molecule has 0 aliphatic heterocycles. The van der Waals surface area contributed by atoms with Crippen LogP contribution in [-0.2, 0) is 4.43 Å². The molecule has 0 bridgehead atoms. The summed E-state index contributed by atoms with van der Waals surface area (Å²) in [5.41, 5.74) is 0. The van der Waals surface area contributed by atoms with Crippen LogP contribution in [-0.4, -0.2) is 15.9 Å². The van der Waals surface area contributed by atoms with Crippen LogP contribution in [0.3, 0.4) is 0 Å². The van der Waals surface area contributed by atoms with Gasteiger partial charge in [0.1, 0.15) is 0 Å². The molecule has 0 amide bonds. The fourth-order valence-electron chi connectivity index (χ4n) is 2.64. The van der Waals surface area contributed by atoms with Gasteiger partial charge in [-0.05, 0) is 23.3 Å². The second-order valence-electron chi connectivity index (χ2n) is 6.15. The van der Waals surface area contributed by atoms with Gasteiger partial charge in [0.25, 0.3) is 0 Å². The van der Waals surface area contributed by atoms with Crippen molar-refractivity contribution in [3.05, 3.63) is 24.3 Å². The molecule has 2 aliphatic rings. The van der Waals surface area contributed by atoms with E-state index < -0.39 is 0 Å². The summed E-state index contributed by atoms with van der Waals surface area (Å²) in [7, 11) is 0.611. The van der Waals surface area contributed by atoms with E-state index in [0.717, 1.165) is 5.92 Å². The van der Waals surface area contributed by atoms with Gasteiger partial charge in [-0.2, -0.15) is 0 Å². The molecule has 1 nitrogen and oxygen atoms in total. The number of hydrogen-bond donors (Lipinski definition) is 0. The molecule has 0 saturated heterocycles. The Bertz CT molecular complexity index is 300. The highest BCUT2D eigenvalue weighted by Gasteiger charge is 2.39. The Balaban J connectivity index is 1.97. The van der Waals surface area contributed by atoms with E-state index in [2.05, 4.69) is 52.0 Å². The second kappa shape index (κ2) is 4.50. The van der Waals surface area contributed by atoms with Gasteiger partial charge in [0.2, 0.25) is 9.76 Å². The lowest BCUT2D eigenvalue weighted by molar-refractivity contribution is 0.173. The molecule has 4 unspecified atom stereocenters. The fraction of sp³-hybridized carbons (Fsp3) is 0.714. The third-order valence-electron chi connectivity index (χ3n) is 3.43. The van der Waals surface area contributed by atoms with Gasteiger partial charge in [0.05, 0.1) is 6.10 Å². The van der Waals surface area contributed by atoms with Crippen LogP contribution in [0.15, 0.2) is 24.3 Å². The van der Waals surface area contributed by atoms with E-state index in [-0.39, 0.29) is 0 Å². The van der Waals surface area contributed by atoms with Gasteiger partial charge in [-0.1, -0.05) is 52.0 Å². The van der Waals surface area contributed by atoms with E-state index in [1.54, 1.807) is 0 Å². The van der Waals surface area contributed by atoms with Gasteiger partial charge < -0.3 is 4.43 Å². The molecule has 2 heteroatoms.